The van der Waals surface area contributed by atoms with E-state index in [1.54, 1.807) is 18.2 Å². The number of nitrogens with zero attached hydrogens (tertiary/aromatic N) is 2. The summed E-state index contributed by atoms with van der Waals surface area (Å²) in [6, 6.07) is 13.2. The molecule has 0 fully saturated rings. The Hall–Kier alpha value is -3.93. The van der Waals surface area contributed by atoms with Crippen molar-refractivity contribution in [2.24, 2.45) is 0 Å². The van der Waals surface area contributed by atoms with Crippen LogP contribution in [0.4, 0.5) is 18.9 Å². The third-order valence-corrected chi connectivity index (χ3v) is 6.33. The maximum absolute atomic E-state index is 12.6. The highest BCUT2D eigenvalue weighted by Crippen LogP contribution is 2.25. The number of imide groups is 1. The van der Waals surface area contributed by atoms with E-state index in [9.17, 15) is 31.2 Å². The predicted octanol–water partition coefficient (Wildman–Crippen LogP) is 3.62. The molecule has 0 atom stereocenters. The van der Waals surface area contributed by atoms with E-state index in [4.69, 9.17) is 0 Å². The van der Waals surface area contributed by atoms with Crippen LogP contribution in [0.3, 0.4) is 0 Å². The largest absolute Gasteiger partial charge is 0.573 e. The number of carbonyl (C=O) groups is 2. The number of alkyl halides is 3. The van der Waals surface area contributed by atoms with E-state index in [0.717, 1.165) is 29.2 Å². The van der Waals surface area contributed by atoms with Crippen LogP contribution in [0, 0.1) is 0 Å². The number of nitrogens with one attached hydrogen (secondary N) is 1. The molecule has 0 saturated carbocycles. The smallest absolute Gasteiger partial charge is 0.406 e. The van der Waals surface area contributed by atoms with Crippen LogP contribution < -0.4 is 9.46 Å². The number of fused-ring (bicyclic) bond motifs is 1. The van der Waals surface area contributed by atoms with Crippen molar-refractivity contribution in [2.75, 3.05) is 11.3 Å². The number of amides is 2. The Balaban J connectivity index is 1.38. The molecule has 2 aromatic carbocycles. The first-order valence-corrected chi connectivity index (χ1v) is 11.3. The van der Waals surface area contributed by atoms with Gasteiger partial charge in [-0.25, -0.2) is 8.42 Å². The molecule has 2 heterocycles. The Morgan fingerprint density at radius 2 is 1.62 bits per heavy atom. The highest BCUT2D eigenvalue weighted by molar-refractivity contribution is 7.92. The molecular formula is C22H16F3N3O5S. The SMILES string of the molecule is O=C1c2cccnc2C(=O)N1CCc1ccc(S(=O)(=O)Nc2ccc(OC(F)(F)F)cc2)cc1. The fourth-order valence-electron chi connectivity index (χ4n) is 3.33. The maximum atomic E-state index is 12.6. The fourth-order valence-corrected chi connectivity index (χ4v) is 4.39. The summed E-state index contributed by atoms with van der Waals surface area (Å²) in [7, 11) is -4.00. The molecule has 3 aromatic rings. The molecule has 12 heteroatoms. The predicted molar refractivity (Wildman–Crippen MR) is 114 cm³/mol. The molecule has 0 unspecified atom stereocenters. The lowest BCUT2D eigenvalue weighted by Crippen LogP contribution is -2.31. The van der Waals surface area contributed by atoms with Gasteiger partial charge in [-0.15, -0.1) is 13.2 Å². The van der Waals surface area contributed by atoms with E-state index in [1.807, 2.05) is 0 Å². The molecule has 1 aliphatic heterocycles. The zero-order valence-corrected chi connectivity index (χ0v) is 18.1. The molecule has 176 valence electrons. The summed E-state index contributed by atoms with van der Waals surface area (Å²) < 4.78 is 67.9. The molecule has 4 rings (SSSR count). The average Bonchev–Trinajstić information content (AvgIpc) is 3.03. The molecular weight excluding hydrogens is 475 g/mol. The van der Waals surface area contributed by atoms with E-state index in [0.29, 0.717) is 12.0 Å². The molecule has 0 spiro atoms. The first kappa shape index (κ1) is 23.2. The molecule has 0 aliphatic carbocycles. The second kappa shape index (κ2) is 8.78. The van der Waals surface area contributed by atoms with E-state index in [1.165, 1.54) is 24.4 Å². The molecule has 0 bridgehead atoms. The second-order valence-electron chi connectivity index (χ2n) is 7.23. The van der Waals surface area contributed by atoms with Crippen LogP contribution in [0.15, 0.2) is 71.8 Å². The number of hydrogen-bond donors (Lipinski definition) is 1. The highest BCUT2D eigenvalue weighted by Gasteiger charge is 2.36. The lowest BCUT2D eigenvalue weighted by atomic mass is 10.1. The first-order chi connectivity index (χ1) is 16.0. The first-order valence-electron chi connectivity index (χ1n) is 9.82. The Morgan fingerprint density at radius 1 is 0.941 bits per heavy atom. The summed E-state index contributed by atoms with van der Waals surface area (Å²) in [6.45, 7) is 0.102. The molecule has 1 N–H and O–H groups in total. The maximum Gasteiger partial charge on any atom is 0.573 e. The minimum Gasteiger partial charge on any atom is -0.406 e. The van der Waals surface area contributed by atoms with Crippen molar-refractivity contribution in [2.45, 2.75) is 17.7 Å². The van der Waals surface area contributed by atoms with Crippen molar-refractivity contribution in [3.63, 3.8) is 0 Å². The number of aromatic nitrogens is 1. The van der Waals surface area contributed by atoms with Gasteiger partial charge in [0.05, 0.1) is 10.5 Å². The molecule has 1 aromatic heterocycles. The number of anilines is 1. The van der Waals surface area contributed by atoms with Crippen molar-refractivity contribution in [1.82, 2.24) is 9.88 Å². The second-order valence-corrected chi connectivity index (χ2v) is 8.92. The lowest BCUT2D eigenvalue weighted by molar-refractivity contribution is -0.274. The lowest BCUT2D eigenvalue weighted by Gasteiger charge is -2.14. The standard InChI is InChI=1S/C22H16F3N3O5S/c23-22(24,25)33-16-7-5-15(6-8-16)27-34(31,32)17-9-3-14(4-10-17)11-13-28-20(29)18-2-1-12-26-19(18)21(28)30/h1-10,12,27H,11,13H2. The van der Waals surface area contributed by atoms with E-state index >= 15 is 0 Å². The summed E-state index contributed by atoms with van der Waals surface area (Å²) in [5.74, 6) is -1.38. The van der Waals surface area contributed by atoms with Gasteiger partial charge in [0.1, 0.15) is 11.4 Å². The number of sulfonamides is 1. The van der Waals surface area contributed by atoms with Crippen LogP contribution in [0.25, 0.3) is 0 Å². The molecule has 8 nitrogen and oxygen atoms in total. The van der Waals surface area contributed by atoms with E-state index < -0.39 is 33.9 Å². The van der Waals surface area contributed by atoms with Crippen LogP contribution in [-0.4, -0.2) is 43.0 Å². The average molecular weight is 491 g/mol. The van der Waals surface area contributed by atoms with Crippen LogP contribution in [0.2, 0.25) is 0 Å². The minimum absolute atomic E-state index is 0.0536. The number of benzene rings is 2. The summed E-state index contributed by atoms with van der Waals surface area (Å²) in [5, 5.41) is 0. The summed E-state index contributed by atoms with van der Waals surface area (Å²) >= 11 is 0. The molecule has 1 aliphatic rings. The third kappa shape index (κ3) is 5.01. The Kier molecular flexibility index (Phi) is 6.00. The highest BCUT2D eigenvalue weighted by atomic mass is 32.2. The number of hydrogen-bond acceptors (Lipinski definition) is 6. The van der Waals surface area contributed by atoms with Gasteiger partial charge in [-0.1, -0.05) is 12.1 Å². The number of ether oxygens (including phenoxy) is 1. The van der Waals surface area contributed by atoms with Crippen molar-refractivity contribution >= 4 is 27.5 Å². The van der Waals surface area contributed by atoms with Crippen molar-refractivity contribution in [3.8, 4) is 5.75 Å². The molecule has 2 amide bonds. The van der Waals surface area contributed by atoms with Crippen molar-refractivity contribution in [3.05, 3.63) is 83.7 Å². The third-order valence-electron chi connectivity index (χ3n) is 4.93. The molecule has 0 radical (unpaired) electrons. The van der Waals surface area contributed by atoms with Crippen LogP contribution in [0.1, 0.15) is 26.4 Å². The fraction of sp³-hybridized carbons (Fsp3) is 0.136. The molecule has 34 heavy (non-hydrogen) atoms. The minimum atomic E-state index is -4.85. The Labute approximate surface area is 192 Å². The number of pyridine rings is 1. The van der Waals surface area contributed by atoms with Gasteiger partial charge in [0, 0.05) is 18.4 Å². The summed E-state index contributed by atoms with van der Waals surface area (Å²) in [6.07, 6.45) is -3.11. The van der Waals surface area contributed by atoms with Crippen LogP contribution in [0.5, 0.6) is 5.75 Å². The number of rotatable bonds is 7. The van der Waals surface area contributed by atoms with Crippen molar-refractivity contribution < 1.29 is 35.9 Å². The van der Waals surface area contributed by atoms with Gasteiger partial charge in [0.25, 0.3) is 21.8 Å². The van der Waals surface area contributed by atoms with Gasteiger partial charge in [0.2, 0.25) is 0 Å². The zero-order chi connectivity index (χ0) is 24.5. The topological polar surface area (TPSA) is 106 Å². The quantitative estimate of drug-likeness (QED) is 0.506. The van der Waals surface area contributed by atoms with Crippen molar-refractivity contribution in [1.29, 1.82) is 0 Å². The Bertz CT molecular complexity index is 1310. The van der Waals surface area contributed by atoms with Crippen LogP contribution >= 0.6 is 0 Å². The monoisotopic (exact) mass is 491 g/mol. The summed E-state index contributed by atoms with van der Waals surface area (Å²) in [4.78, 5) is 29.7. The summed E-state index contributed by atoms with van der Waals surface area (Å²) in [5.41, 5.74) is 1.10. The zero-order valence-electron chi connectivity index (χ0n) is 17.2. The van der Waals surface area contributed by atoms with Gasteiger partial charge in [-0.05, 0) is 60.5 Å². The molecule has 0 saturated heterocycles. The van der Waals surface area contributed by atoms with E-state index in [-0.39, 0.29) is 28.4 Å². The number of halogens is 3. The van der Waals surface area contributed by atoms with Gasteiger partial charge in [-0.2, -0.15) is 0 Å². The van der Waals surface area contributed by atoms with Crippen LogP contribution in [-0.2, 0) is 16.4 Å². The van der Waals surface area contributed by atoms with Gasteiger partial charge in [-0.3, -0.25) is 24.2 Å². The Morgan fingerprint density at radius 3 is 2.24 bits per heavy atom. The normalized spacial score (nSPS) is 13.7. The number of carbonyl (C=O) groups excluding carboxylic acids is 2. The van der Waals surface area contributed by atoms with Gasteiger partial charge >= 0.3 is 6.36 Å². The van der Waals surface area contributed by atoms with Gasteiger partial charge < -0.3 is 4.74 Å². The van der Waals surface area contributed by atoms with Gasteiger partial charge in [0.15, 0.2) is 0 Å². The van der Waals surface area contributed by atoms with E-state index in [2.05, 4.69) is 14.4 Å².